The molecule has 1 N–H and O–H groups in total. The molecule has 5 nitrogen and oxygen atoms in total. The number of halogens is 2. The summed E-state index contributed by atoms with van der Waals surface area (Å²) in [4.78, 5) is 5.12. The summed E-state index contributed by atoms with van der Waals surface area (Å²) in [5.74, 6) is 0.454. The number of aliphatic hydroxyl groups excluding tert-OH is 1. The van der Waals surface area contributed by atoms with E-state index < -0.39 is 0 Å². The molecule has 3 aromatic rings. The molecular formula is C26H32Cl2N4O. The number of anilines is 1. The van der Waals surface area contributed by atoms with Crippen molar-refractivity contribution in [2.75, 3.05) is 37.7 Å². The smallest absolute Gasteiger partial charge is 0.0761 e. The minimum absolute atomic E-state index is 0.00632. The Morgan fingerprint density at radius 2 is 1.88 bits per heavy atom. The fourth-order valence-electron chi connectivity index (χ4n) is 5.57. The number of aliphatic hydroxyl groups is 1. The highest BCUT2D eigenvalue weighted by Gasteiger charge is 2.29. The van der Waals surface area contributed by atoms with E-state index in [1.165, 1.54) is 37.9 Å². The van der Waals surface area contributed by atoms with Crippen molar-refractivity contribution in [3.63, 3.8) is 0 Å². The van der Waals surface area contributed by atoms with Crippen molar-refractivity contribution < 1.29 is 5.11 Å². The molecular weight excluding hydrogens is 455 g/mol. The van der Waals surface area contributed by atoms with Gasteiger partial charge in [-0.3, -0.25) is 9.58 Å². The lowest BCUT2D eigenvalue weighted by Gasteiger charge is -2.42. The fraction of sp³-hybridized carbons (Fsp3) is 0.500. The van der Waals surface area contributed by atoms with Gasteiger partial charge in [-0.2, -0.15) is 5.10 Å². The Hall–Kier alpha value is -1.79. The molecule has 0 aliphatic carbocycles. The van der Waals surface area contributed by atoms with E-state index in [4.69, 9.17) is 23.2 Å². The Labute approximate surface area is 205 Å². The zero-order valence-electron chi connectivity index (χ0n) is 19.1. The first kappa shape index (κ1) is 23.0. The van der Waals surface area contributed by atoms with Gasteiger partial charge in [0.1, 0.15) is 0 Å². The number of hydrogen-bond donors (Lipinski definition) is 1. The highest BCUT2D eigenvalue weighted by molar-refractivity contribution is 6.35. The summed E-state index contributed by atoms with van der Waals surface area (Å²) in [5.41, 5.74) is 3.39. The van der Waals surface area contributed by atoms with Crippen LogP contribution in [0.3, 0.4) is 0 Å². The number of fused-ring (bicyclic) bond motifs is 1. The van der Waals surface area contributed by atoms with E-state index in [1.807, 2.05) is 18.3 Å². The summed E-state index contributed by atoms with van der Waals surface area (Å²) in [6, 6.07) is 13.0. The van der Waals surface area contributed by atoms with E-state index >= 15 is 0 Å². The van der Waals surface area contributed by atoms with Gasteiger partial charge in [-0.25, -0.2) is 0 Å². The van der Waals surface area contributed by atoms with Gasteiger partial charge >= 0.3 is 0 Å². The van der Waals surface area contributed by atoms with Crippen LogP contribution in [0.2, 0.25) is 10.0 Å². The number of aromatic nitrogens is 2. The van der Waals surface area contributed by atoms with E-state index in [9.17, 15) is 5.11 Å². The predicted octanol–water partition coefficient (Wildman–Crippen LogP) is 5.63. The molecule has 5 rings (SSSR count). The molecule has 176 valence electrons. The van der Waals surface area contributed by atoms with Crippen LogP contribution in [0.5, 0.6) is 0 Å². The quantitative estimate of drug-likeness (QED) is 0.507. The monoisotopic (exact) mass is 486 g/mol. The number of piperidine rings is 2. The lowest BCUT2D eigenvalue weighted by atomic mass is 9.94. The molecule has 2 aromatic carbocycles. The van der Waals surface area contributed by atoms with E-state index in [0.717, 1.165) is 36.1 Å². The van der Waals surface area contributed by atoms with Gasteiger partial charge in [-0.05, 0) is 81.0 Å². The fourth-order valence-corrected chi connectivity index (χ4v) is 6.14. The summed E-state index contributed by atoms with van der Waals surface area (Å²) in [6.07, 6.45) is 6.65. The van der Waals surface area contributed by atoms with Gasteiger partial charge in [0.25, 0.3) is 0 Å². The summed E-state index contributed by atoms with van der Waals surface area (Å²) in [7, 11) is 0. The minimum Gasteiger partial charge on any atom is -0.396 e. The van der Waals surface area contributed by atoms with E-state index in [1.54, 1.807) is 6.07 Å². The van der Waals surface area contributed by atoms with E-state index in [-0.39, 0.29) is 6.04 Å². The molecule has 7 heteroatoms. The summed E-state index contributed by atoms with van der Waals surface area (Å²) in [5, 5.41) is 16.7. The van der Waals surface area contributed by atoms with Crippen molar-refractivity contribution in [2.24, 2.45) is 5.92 Å². The van der Waals surface area contributed by atoms with Gasteiger partial charge < -0.3 is 10.0 Å². The number of nitrogens with zero attached hydrogens (tertiary/aromatic N) is 4. The zero-order chi connectivity index (χ0) is 22.9. The molecule has 2 atom stereocenters. The van der Waals surface area contributed by atoms with Gasteiger partial charge in [-0.15, -0.1) is 0 Å². The lowest BCUT2D eigenvalue weighted by molar-refractivity contribution is 0.0778. The molecule has 0 saturated carbocycles. The van der Waals surface area contributed by atoms with Gasteiger partial charge in [0.15, 0.2) is 0 Å². The molecule has 2 aliphatic heterocycles. The van der Waals surface area contributed by atoms with Crippen molar-refractivity contribution in [3.05, 3.63) is 58.2 Å². The summed E-state index contributed by atoms with van der Waals surface area (Å²) >= 11 is 12.6. The first-order chi connectivity index (χ1) is 16.0. The molecule has 3 heterocycles. The standard InChI is InChI=1S/C26H32Cl2N4O/c1-18(24-7-5-21(27)13-25(24)28)32-26-14-23(6-4-20(26)15-29-32)30-11-8-22(9-12-30)31-10-2-3-19(16-31)17-33/h4-7,13-15,18-19,22,33H,2-3,8-12,16-17H2,1H3/t18-,19?/m1/s1. The zero-order valence-corrected chi connectivity index (χ0v) is 20.6. The topological polar surface area (TPSA) is 44.5 Å². The molecule has 0 amide bonds. The van der Waals surface area contributed by atoms with Crippen LogP contribution in [0.4, 0.5) is 5.69 Å². The van der Waals surface area contributed by atoms with Crippen LogP contribution in [0.1, 0.15) is 44.2 Å². The largest absolute Gasteiger partial charge is 0.396 e. The third-order valence-electron chi connectivity index (χ3n) is 7.52. The molecule has 0 spiro atoms. The van der Waals surface area contributed by atoms with Crippen molar-refractivity contribution in [1.82, 2.24) is 14.7 Å². The van der Waals surface area contributed by atoms with Crippen molar-refractivity contribution >= 4 is 39.8 Å². The first-order valence-corrected chi connectivity index (χ1v) is 12.8. The number of benzene rings is 2. The minimum atomic E-state index is 0.00632. The van der Waals surface area contributed by atoms with Gasteiger partial charge in [-0.1, -0.05) is 29.3 Å². The maximum absolute atomic E-state index is 9.57. The third kappa shape index (κ3) is 4.74. The number of hydrogen-bond acceptors (Lipinski definition) is 4. The maximum atomic E-state index is 9.57. The highest BCUT2D eigenvalue weighted by Crippen LogP contribution is 2.33. The van der Waals surface area contributed by atoms with E-state index in [2.05, 4.69) is 44.7 Å². The Kier molecular flexibility index (Phi) is 6.84. The van der Waals surface area contributed by atoms with Crippen molar-refractivity contribution in [2.45, 2.75) is 44.7 Å². The first-order valence-electron chi connectivity index (χ1n) is 12.1. The molecule has 1 aromatic heterocycles. The van der Waals surface area contributed by atoms with Crippen LogP contribution >= 0.6 is 23.2 Å². The maximum Gasteiger partial charge on any atom is 0.0761 e. The Balaban J connectivity index is 1.32. The molecule has 0 bridgehead atoms. The Bertz CT molecular complexity index is 1110. The van der Waals surface area contributed by atoms with Crippen molar-refractivity contribution in [3.8, 4) is 0 Å². The molecule has 2 fully saturated rings. The molecule has 2 saturated heterocycles. The van der Waals surface area contributed by atoms with Crippen LogP contribution in [-0.4, -0.2) is 58.6 Å². The van der Waals surface area contributed by atoms with Gasteiger partial charge in [0, 0.05) is 53.4 Å². The van der Waals surface area contributed by atoms with Crippen LogP contribution < -0.4 is 4.90 Å². The Morgan fingerprint density at radius 3 is 2.64 bits per heavy atom. The lowest BCUT2D eigenvalue weighted by Crippen LogP contribution is -2.49. The van der Waals surface area contributed by atoms with Crippen LogP contribution in [0.25, 0.3) is 10.9 Å². The summed E-state index contributed by atoms with van der Waals surface area (Å²) in [6.45, 7) is 6.79. The number of likely N-dealkylation sites (tertiary alicyclic amines) is 1. The SMILES string of the molecule is C[C@H](c1ccc(Cl)cc1Cl)n1ncc2ccc(N3CCC(N4CCCC(CO)C4)CC3)cc21. The molecule has 33 heavy (non-hydrogen) atoms. The second-order valence-corrected chi connectivity index (χ2v) is 10.4. The normalized spacial score (nSPS) is 21.6. The summed E-state index contributed by atoms with van der Waals surface area (Å²) < 4.78 is 2.06. The second kappa shape index (κ2) is 9.83. The molecule has 1 unspecified atom stereocenters. The van der Waals surface area contributed by atoms with Crippen LogP contribution in [-0.2, 0) is 0 Å². The van der Waals surface area contributed by atoms with Crippen LogP contribution in [0, 0.1) is 5.92 Å². The molecule has 2 aliphatic rings. The molecule has 0 radical (unpaired) electrons. The second-order valence-electron chi connectivity index (χ2n) is 9.58. The van der Waals surface area contributed by atoms with Crippen LogP contribution in [0.15, 0.2) is 42.6 Å². The number of rotatable bonds is 5. The van der Waals surface area contributed by atoms with Gasteiger partial charge in [0.05, 0.1) is 17.8 Å². The Morgan fingerprint density at radius 1 is 1.06 bits per heavy atom. The van der Waals surface area contributed by atoms with Crippen molar-refractivity contribution in [1.29, 1.82) is 0 Å². The predicted molar refractivity (Wildman–Crippen MR) is 137 cm³/mol. The average Bonchev–Trinajstić information content (AvgIpc) is 3.27. The average molecular weight is 487 g/mol. The van der Waals surface area contributed by atoms with E-state index in [0.29, 0.717) is 28.6 Å². The van der Waals surface area contributed by atoms with Gasteiger partial charge in [0.2, 0.25) is 0 Å². The highest BCUT2D eigenvalue weighted by atomic mass is 35.5. The third-order valence-corrected chi connectivity index (χ3v) is 8.08.